The lowest BCUT2D eigenvalue weighted by Crippen LogP contribution is -2.52. The van der Waals surface area contributed by atoms with Gasteiger partial charge in [0.05, 0.1) is 29.7 Å². The monoisotopic (exact) mass is 413 g/mol. The predicted octanol–water partition coefficient (Wildman–Crippen LogP) is -0.333. The summed E-state index contributed by atoms with van der Waals surface area (Å²) in [7, 11) is -3.87. The van der Waals surface area contributed by atoms with Gasteiger partial charge in [-0.3, -0.25) is 9.69 Å². The molecule has 1 amide bonds. The molecule has 1 saturated heterocycles. The minimum Gasteiger partial charge on any atom is -0.462 e. The summed E-state index contributed by atoms with van der Waals surface area (Å²) in [5.41, 5.74) is 0.256. The maximum atomic E-state index is 12.4. The average Bonchev–Trinajstić information content (AvgIpc) is 2.66. The van der Waals surface area contributed by atoms with E-state index in [1.165, 1.54) is 24.3 Å². The summed E-state index contributed by atoms with van der Waals surface area (Å²) >= 11 is 0. The van der Waals surface area contributed by atoms with Crippen molar-refractivity contribution in [1.82, 2.24) is 14.5 Å². The smallest absolute Gasteiger partial charge is 0.338 e. The van der Waals surface area contributed by atoms with Crippen LogP contribution in [0, 0.1) is 0 Å². The largest absolute Gasteiger partial charge is 0.462 e. The Kier molecular flexibility index (Phi) is 7.93. The van der Waals surface area contributed by atoms with Crippen molar-refractivity contribution in [3.05, 3.63) is 29.8 Å². The summed E-state index contributed by atoms with van der Waals surface area (Å²) in [5, 5.41) is 9.41. The molecule has 0 aliphatic carbocycles. The lowest BCUT2D eigenvalue weighted by molar-refractivity contribution is -0.131. The molecule has 1 aliphatic heterocycles. The predicted molar refractivity (Wildman–Crippen MR) is 102 cm³/mol. The number of hydrogen-bond acceptors (Lipinski definition) is 7. The topological polar surface area (TPSA) is 116 Å². The molecular weight excluding hydrogens is 386 g/mol. The van der Waals surface area contributed by atoms with Crippen LogP contribution in [0.1, 0.15) is 24.2 Å². The molecule has 9 nitrogen and oxygen atoms in total. The Morgan fingerprint density at radius 3 is 2.32 bits per heavy atom. The molecule has 1 atom stereocenters. The number of aliphatic hydroxyl groups excluding tert-OH is 1. The minimum atomic E-state index is -3.87. The second-order valence-corrected chi connectivity index (χ2v) is 8.37. The third-order valence-electron chi connectivity index (χ3n) is 4.34. The molecule has 2 rings (SSSR count). The minimum absolute atomic E-state index is 0.0323. The number of rotatable bonds is 8. The number of hydrogen-bond donors (Lipinski definition) is 2. The number of β-amino-alcohol motifs (C(OH)–C–C–N with tert-alkyl or cyclic N) is 1. The first kappa shape index (κ1) is 22.3. The normalized spacial score (nSPS) is 16.6. The Morgan fingerprint density at radius 2 is 1.79 bits per heavy atom. The van der Waals surface area contributed by atoms with E-state index in [1.54, 1.807) is 18.7 Å². The molecule has 1 unspecified atom stereocenters. The Balaban J connectivity index is 1.87. The standard InChI is InChI=1S/C18H27N3O6S/c1-3-27-18(24)15-4-6-16(7-5-15)28(25,26)19-12-17(23)21-10-8-20(9-11-21)13-14(2)22/h4-7,14,19,22H,3,8-13H2,1-2H3. The van der Waals surface area contributed by atoms with Crippen molar-refractivity contribution in [3.63, 3.8) is 0 Å². The molecule has 0 spiro atoms. The molecule has 0 aromatic heterocycles. The van der Waals surface area contributed by atoms with E-state index < -0.39 is 22.1 Å². The fraction of sp³-hybridized carbons (Fsp3) is 0.556. The number of esters is 1. The molecule has 1 aromatic rings. The molecular formula is C18H27N3O6S. The first-order valence-corrected chi connectivity index (χ1v) is 10.7. The van der Waals surface area contributed by atoms with Crippen molar-refractivity contribution in [1.29, 1.82) is 0 Å². The SMILES string of the molecule is CCOC(=O)c1ccc(S(=O)(=O)NCC(=O)N2CCN(CC(C)O)CC2)cc1. The number of carbonyl (C=O) groups excluding carboxylic acids is 2. The summed E-state index contributed by atoms with van der Waals surface area (Å²) in [4.78, 5) is 27.5. The highest BCUT2D eigenvalue weighted by molar-refractivity contribution is 7.89. The van der Waals surface area contributed by atoms with Crippen LogP contribution >= 0.6 is 0 Å². The summed E-state index contributed by atoms with van der Waals surface area (Å²) in [6.07, 6.45) is -0.427. The van der Waals surface area contributed by atoms with Crippen molar-refractivity contribution >= 4 is 21.9 Å². The summed E-state index contributed by atoms with van der Waals surface area (Å²) < 4.78 is 31.9. The number of nitrogens with one attached hydrogen (secondary N) is 1. The molecule has 1 aromatic carbocycles. The van der Waals surface area contributed by atoms with Crippen LogP contribution < -0.4 is 4.72 Å². The van der Waals surface area contributed by atoms with Crippen molar-refractivity contribution in [2.75, 3.05) is 45.9 Å². The van der Waals surface area contributed by atoms with Crippen LogP contribution in [0.15, 0.2) is 29.2 Å². The summed E-state index contributed by atoms with van der Waals surface area (Å²) in [6.45, 7) is 6.10. The highest BCUT2D eigenvalue weighted by atomic mass is 32.2. The van der Waals surface area contributed by atoms with Crippen LogP contribution in [0.2, 0.25) is 0 Å². The lowest BCUT2D eigenvalue weighted by atomic mass is 10.2. The first-order chi connectivity index (χ1) is 13.2. The molecule has 1 aliphatic rings. The average molecular weight is 413 g/mol. The van der Waals surface area contributed by atoms with E-state index >= 15 is 0 Å². The van der Waals surface area contributed by atoms with Gasteiger partial charge in [-0.1, -0.05) is 0 Å². The number of piperazine rings is 1. The van der Waals surface area contributed by atoms with E-state index in [1.807, 2.05) is 0 Å². The zero-order valence-corrected chi connectivity index (χ0v) is 16.9. The number of sulfonamides is 1. The van der Waals surface area contributed by atoms with E-state index in [-0.39, 0.29) is 29.5 Å². The molecule has 10 heteroatoms. The number of amides is 1. The van der Waals surface area contributed by atoms with E-state index in [4.69, 9.17) is 4.74 Å². The Morgan fingerprint density at radius 1 is 1.18 bits per heavy atom. The van der Waals surface area contributed by atoms with Gasteiger partial charge in [-0.2, -0.15) is 0 Å². The van der Waals surface area contributed by atoms with E-state index in [2.05, 4.69) is 9.62 Å². The van der Waals surface area contributed by atoms with Crippen LogP contribution in [-0.4, -0.2) is 87.2 Å². The highest BCUT2D eigenvalue weighted by Crippen LogP contribution is 2.12. The molecule has 0 radical (unpaired) electrons. The maximum Gasteiger partial charge on any atom is 0.338 e. The fourth-order valence-electron chi connectivity index (χ4n) is 2.89. The van der Waals surface area contributed by atoms with Crippen LogP contribution in [0.5, 0.6) is 0 Å². The molecule has 156 valence electrons. The van der Waals surface area contributed by atoms with Gasteiger partial charge in [0.15, 0.2) is 0 Å². The molecule has 1 heterocycles. The number of nitrogens with zero attached hydrogens (tertiary/aromatic N) is 2. The Bertz CT molecular complexity index is 771. The number of aliphatic hydroxyl groups is 1. The lowest BCUT2D eigenvalue weighted by Gasteiger charge is -2.35. The number of ether oxygens (including phenoxy) is 1. The van der Waals surface area contributed by atoms with Gasteiger partial charge < -0.3 is 14.7 Å². The molecule has 0 saturated carbocycles. The highest BCUT2D eigenvalue weighted by Gasteiger charge is 2.23. The third kappa shape index (κ3) is 6.26. The molecule has 1 fully saturated rings. The van der Waals surface area contributed by atoms with Gasteiger partial charge in [0.2, 0.25) is 15.9 Å². The van der Waals surface area contributed by atoms with Gasteiger partial charge in [-0.05, 0) is 38.1 Å². The van der Waals surface area contributed by atoms with Crippen molar-refractivity contribution in [2.24, 2.45) is 0 Å². The van der Waals surface area contributed by atoms with Gasteiger partial charge in [-0.25, -0.2) is 17.9 Å². The van der Waals surface area contributed by atoms with Crippen LogP contribution in [0.3, 0.4) is 0 Å². The zero-order chi connectivity index (χ0) is 20.7. The number of benzene rings is 1. The van der Waals surface area contributed by atoms with Crippen molar-refractivity contribution < 1.29 is 27.9 Å². The van der Waals surface area contributed by atoms with Gasteiger partial charge >= 0.3 is 5.97 Å². The van der Waals surface area contributed by atoms with E-state index in [0.29, 0.717) is 32.7 Å². The van der Waals surface area contributed by atoms with Gasteiger partial charge in [0.1, 0.15) is 0 Å². The summed E-state index contributed by atoms with van der Waals surface area (Å²) in [5.74, 6) is -0.826. The zero-order valence-electron chi connectivity index (χ0n) is 16.1. The van der Waals surface area contributed by atoms with E-state index in [0.717, 1.165) is 0 Å². The third-order valence-corrected chi connectivity index (χ3v) is 5.75. The van der Waals surface area contributed by atoms with Crippen LogP contribution in [0.4, 0.5) is 0 Å². The summed E-state index contributed by atoms with van der Waals surface area (Å²) in [6, 6.07) is 5.34. The van der Waals surface area contributed by atoms with Gasteiger partial charge in [-0.15, -0.1) is 0 Å². The van der Waals surface area contributed by atoms with E-state index in [9.17, 15) is 23.1 Å². The van der Waals surface area contributed by atoms with Gasteiger partial charge in [0, 0.05) is 32.7 Å². The van der Waals surface area contributed by atoms with Crippen LogP contribution in [-0.2, 0) is 19.6 Å². The van der Waals surface area contributed by atoms with Crippen molar-refractivity contribution in [2.45, 2.75) is 24.8 Å². The van der Waals surface area contributed by atoms with Crippen molar-refractivity contribution in [3.8, 4) is 0 Å². The maximum absolute atomic E-state index is 12.4. The second-order valence-electron chi connectivity index (χ2n) is 6.60. The van der Waals surface area contributed by atoms with Gasteiger partial charge in [0.25, 0.3) is 0 Å². The first-order valence-electron chi connectivity index (χ1n) is 9.18. The molecule has 28 heavy (non-hydrogen) atoms. The Labute approximate surface area is 165 Å². The number of carbonyl (C=O) groups is 2. The molecule has 0 bridgehead atoms. The second kappa shape index (κ2) is 9.97. The quantitative estimate of drug-likeness (QED) is 0.561. The Hall–Kier alpha value is -2.01. The van der Waals surface area contributed by atoms with Crippen LogP contribution in [0.25, 0.3) is 0 Å². The molecule has 2 N–H and O–H groups in total. The fourth-order valence-corrected chi connectivity index (χ4v) is 3.86.